The molecule has 0 aromatic rings. The van der Waals surface area contributed by atoms with Gasteiger partial charge in [0.25, 0.3) is 0 Å². The molecule has 1 heterocycles. The van der Waals surface area contributed by atoms with Crippen molar-refractivity contribution >= 4 is 5.91 Å². The summed E-state index contributed by atoms with van der Waals surface area (Å²) >= 11 is 0. The fraction of sp³-hybridized carbons (Fsp3) is 0.889. The van der Waals surface area contributed by atoms with Gasteiger partial charge in [-0.1, -0.05) is 13.8 Å². The Morgan fingerprint density at radius 3 is 2.82 bits per heavy atom. The van der Waals surface area contributed by atoms with Gasteiger partial charge in [-0.05, 0) is 19.3 Å². The summed E-state index contributed by atoms with van der Waals surface area (Å²) in [6, 6.07) is 0.544. The number of hydrogen-bond acceptors (Lipinski definition) is 1. The summed E-state index contributed by atoms with van der Waals surface area (Å²) < 4.78 is 0. The van der Waals surface area contributed by atoms with Crippen LogP contribution in [-0.2, 0) is 4.79 Å². The van der Waals surface area contributed by atoms with Crippen LogP contribution in [0.5, 0.6) is 0 Å². The lowest BCUT2D eigenvalue weighted by atomic mass is 10.2. The van der Waals surface area contributed by atoms with E-state index in [0.717, 1.165) is 13.0 Å². The third-order valence-electron chi connectivity index (χ3n) is 2.47. The number of carbonyl (C=O) groups excluding carboxylic acids is 1. The van der Waals surface area contributed by atoms with E-state index in [4.69, 9.17) is 0 Å². The fourth-order valence-corrected chi connectivity index (χ4v) is 1.79. The molecule has 1 fully saturated rings. The molecule has 0 aromatic heterocycles. The highest BCUT2D eigenvalue weighted by atomic mass is 16.2. The maximum Gasteiger partial charge on any atom is 0.222 e. The number of rotatable bonds is 2. The number of hydrogen-bond donors (Lipinski definition) is 0. The summed E-state index contributed by atoms with van der Waals surface area (Å²) in [4.78, 5) is 13.4. The molecule has 1 amide bonds. The summed E-state index contributed by atoms with van der Waals surface area (Å²) in [7, 11) is 0. The van der Waals surface area contributed by atoms with Crippen LogP contribution in [0.4, 0.5) is 0 Å². The monoisotopic (exact) mass is 155 g/mol. The second-order valence-corrected chi connectivity index (χ2v) is 3.14. The second kappa shape index (κ2) is 3.74. The predicted molar refractivity (Wildman–Crippen MR) is 45.3 cm³/mol. The highest BCUT2D eigenvalue weighted by Crippen LogP contribution is 2.20. The van der Waals surface area contributed by atoms with Gasteiger partial charge in [0.1, 0.15) is 0 Å². The van der Waals surface area contributed by atoms with E-state index in [1.807, 2.05) is 11.8 Å². The molecular weight excluding hydrogens is 138 g/mol. The Bertz CT molecular complexity index is 144. The first-order valence-corrected chi connectivity index (χ1v) is 4.59. The van der Waals surface area contributed by atoms with Gasteiger partial charge in [-0.15, -0.1) is 0 Å². The Kier molecular flexibility index (Phi) is 2.92. The Hall–Kier alpha value is -0.530. The number of carbonyl (C=O) groups is 1. The van der Waals surface area contributed by atoms with E-state index >= 15 is 0 Å². The standard InChI is InChI=1S/C9H17NO/c1-3-8-6-5-7-10(8)9(11)4-2/h8H,3-7H2,1-2H3/t8-/m1/s1. The Morgan fingerprint density at radius 2 is 2.27 bits per heavy atom. The van der Waals surface area contributed by atoms with Crippen molar-refractivity contribution in [3.8, 4) is 0 Å². The molecule has 0 saturated carbocycles. The van der Waals surface area contributed by atoms with Crippen molar-refractivity contribution in [1.29, 1.82) is 0 Å². The van der Waals surface area contributed by atoms with Crippen molar-refractivity contribution in [2.75, 3.05) is 6.54 Å². The van der Waals surface area contributed by atoms with Crippen LogP contribution < -0.4 is 0 Å². The molecule has 0 aromatic carbocycles. The van der Waals surface area contributed by atoms with Gasteiger partial charge in [-0.3, -0.25) is 4.79 Å². The summed E-state index contributed by atoms with van der Waals surface area (Å²) in [5.41, 5.74) is 0. The highest BCUT2D eigenvalue weighted by molar-refractivity contribution is 5.76. The molecule has 64 valence electrons. The molecule has 1 rings (SSSR count). The van der Waals surface area contributed by atoms with Crippen molar-refractivity contribution < 1.29 is 4.79 Å². The minimum absolute atomic E-state index is 0.328. The van der Waals surface area contributed by atoms with Gasteiger partial charge in [0.2, 0.25) is 5.91 Å². The maximum absolute atomic E-state index is 11.3. The SMILES string of the molecule is CCC(=O)N1CCC[C@H]1CC. The van der Waals surface area contributed by atoms with Crippen LogP contribution in [0.15, 0.2) is 0 Å². The molecule has 0 radical (unpaired) electrons. The predicted octanol–water partition coefficient (Wildman–Crippen LogP) is 1.80. The van der Waals surface area contributed by atoms with Crippen LogP contribution >= 0.6 is 0 Å². The van der Waals surface area contributed by atoms with Gasteiger partial charge in [0.05, 0.1) is 0 Å². The van der Waals surface area contributed by atoms with Crippen LogP contribution in [0, 0.1) is 0 Å². The zero-order valence-corrected chi connectivity index (χ0v) is 7.47. The zero-order valence-electron chi connectivity index (χ0n) is 7.47. The Morgan fingerprint density at radius 1 is 1.55 bits per heavy atom. The number of amides is 1. The minimum Gasteiger partial charge on any atom is -0.340 e. The van der Waals surface area contributed by atoms with Crippen LogP contribution in [0.2, 0.25) is 0 Å². The van der Waals surface area contributed by atoms with Crippen molar-refractivity contribution in [3.63, 3.8) is 0 Å². The zero-order chi connectivity index (χ0) is 8.27. The molecule has 1 aliphatic rings. The van der Waals surface area contributed by atoms with Crippen LogP contribution in [-0.4, -0.2) is 23.4 Å². The molecule has 0 aliphatic carbocycles. The number of likely N-dealkylation sites (tertiary alicyclic amines) is 1. The first-order chi connectivity index (χ1) is 5.29. The van der Waals surface area contributed by atoms with Gasteiger partial charge < -0.3 is 4.90 Å². The lowest BCUT2D eigenvalue weighted by Gasteiger charge is -2.22. The molecule has 0 N–H and O–H groups in total. The van der Waals surface area contributed by atoms with Crippen LogP contribution in [0.25, 0.3) is 0 Å². The smallest absolute Gasteiger partial charge is 0.222 e. The van der Waals surface area contributed by atoms with Crippen molar-refractivity contribution in [1.82, 2.24) is 4.90 Å². The third-order valence-corrected chi connectivity index (χ3v) is 2.47. The van der Waals surface area contributed by atoms with E-state index in [2.05, 4.69) is 6.92 Å². The quantitative estimate of drug-likeness (QED) is 0.595. The maximum atomic E-state index is 11.3. The van der Waals surface area contributed by atoms with Crippen LogP contribution in [0.3, 0.4) is 0 Å². The lowest BCUT2D eigenvalue weighted by Crippen LogP contribution is -2.34. The van der Waals surface area contributed by atoms with E-state index in [-0.39, 0.29) is 0 Å². The molecule has 0 spiro atoms. The molecule has 11 heavy (non-hydrogen) atoms. The number of nitrogens with zero attached hydrogens (tertiary/aromatic N) is 1. The fourth-order valence-electron chi connectivity index (χ4n) is 1.79. The first kappa shape index (κ1) is 8.57. The van der Waals surface area contributed by atoms with Gasteiger partial charge in [0, 0.05) is 19.0 Å². The van der Waals surface area contributed by atoms with Crippen LogP contribution in [0.1, 0.15) is 39.5 Å². The summed E-state index contributed by atoms with van der Waals surface area (Å²) in [5.74, 6) is 0.328. The van der Waals surface area contributed by atoms with Crippen molar-refractivity contribution in [2.24, 2.45) is 0 Å². The average Bonchev–Trinajstić information content (AvgIpc) is 2.50. The highest BCUT2D eigenvalue weighted by Gasteiger charge is 2.25. The summed E-state index contributed by atoms with van der Waals surface area (Å²) in [6.45, 7) is 5.09. The van der Waals surface area contributed by atoms with E-state index in [1.165, 1.54) is 12.8 Å². The molecule has 1 aliphatic heterocycles. The first-order valence-electron chi connectivity index (χ1n) is 4.59. The second-order valence-electron chi connectivity index (χ2n) is 3.14. The third kappa shape index (κ3) is 1.73. The summed E-state index contributed by atoms with van der Waals surface area (Å²) in [5, 5.41) is 0. The van der Waals surface area contributed by atoms with Crippen molar-refractivity contribution in [2.45, 2.75) is 45.6 Å². The van der Waals surface area contributed by atoms with Crippen molar-refractivity contribution in [3.05, 3.63) is 0 Å². The van der Waals surface area contributed by atoms with Gasteiger partial charge in [-0.2, -0.15) is 0 Å². The van der Waals surface area contributed by atoms with Gasteiger partial charge in [-0.25, -0.2) is 0 Å². The summed E-state index contributed by atoms with van der Waals surface area (Å²) in [6.07, 6.45) is 4.19. The van der Waals surface area contributed by atoms with E-state index in [0.29, 0.717) is 18.4 Å². The van der Waals surface area contributed by atoms with Gasteiger partial charge in [0.15, 0.2) is 0 Å². The molecule has 0 bridgehead atoms. The van der Waals surface area contributed by atoms with E-state index in [9.17, 15) is 4.79 Å². The lowest BCUT2D eigenvalue weighted by molar-refractivity contribution is -0.131. The Labute approximate surface area is 68.6 Å². The molecule has 1 atom stereocenters. The topological polar surface area (TPSA) is 20.3 Å². The minimum atomic E-state index is 0.328. The molecular formula is C9H17NO. The molecule has 2 heteroatoms. The molecule has 0 unspecified atom stereocenters. The molecule has 2 nitrogen and oxygen atoms in total. The largest absolute Gasteiger partial charge is 0.340 e. The molecule has 1 saturated heterocycles. The van der Waals surface area contributed by atoms with E-state index in [1.54, 1.807) is 0 Å². The van der Waals surface area contributed by atoms with E-state index < -0.39 is 0 Å². The van der Waals surface area contributed by atoms with Gasteiger partial charge >= 0.3 is 0 Å². The average molecular weight is 155 g/mol. The Balaban J connectivity index is 2.49. The normalized spacial score (nSPS) is 24.2.